The highest BCUT2D eigenvalue weighted by Gasteiger charge is 2.34. The van der Waals surface area contributed by atoms with E-state index in [1.54, 1.807) is 6.07 Å². The summed E-state index contributed by atoms with van der Waals surface area (Å²) in [7, 11) is 0. The van der Waals surface area contributed by atoms with Gasteiger partial charge >= 0.3 is 0 Å². The quantitative estimate of drug-likeness (QED) is 0.907. The van der Waals surface area contributed by atoms with E-state index >= 15 is 0 Å². The summed E-state index contributed by atoms with van der Waals surface area (Å²) in [6.45, 7) is 3.94. The lowest BCUT2D eigenvalue weighted by atomic mass is 9.83. The van der Waals surface area contributed by atoms with Gasteiger partial charge in [-0.3, -0.25) is 4.79 Å². The Balaban J connectivity index is 2.09. The Labute approximate surface area is 113 Å². The highest BCUT2D eigenvalue weighted by molar-refractivity contribution is 5.93. The summed E-state index contributed by atoms with van der Waals surface area (Å²) in [6.07, 6.45) is 4.50. The lowest BCUT2D eigenvalue weighted by Crippen LogP contribution is -2.48. The SMILES string of the molecule is CC(C)c1cc(C(=O)NC2(C#N)CCCCC2)no1. The Hall–Kier alpha value is -1.83. The summed E-state index contributed by atoms with van der Waals surface area (Å²) >= 11 is 0. The van der Waals surface area contributed by atoms with E-state index in [1.165, 1.54) is 0 Å². The molecular weight excluding hydrogens is 242 g/mol. The first-order chi connectivity index (χ1) is 9.06. The minimum absolute atomic E-state index is 0.189. The summed E-state index contributed by atoms with van der Waals surface area (Å²) in [4.78, 5) is 12.1. The van der Waals surface area contributed by atoms with Gasteiger partial charge in [0.15, 0.2) is 5.69 Å². The third kappa shape index (κ3) is 2.95. The van der Waals surface area contributed by atoms with Crippen LogP contribution in [-0.4, -0.2) is 16.6 Å². The van der Waals surface area contributed by atoms with Gasteiger partial charge in [-0.2, -0.15) is 5.26 Å². The monoisotopic (exact) mass is 261 g/mol. The largest absolute Gasteiger partial charge is 0.360 e. The second-order valence-corrected chi connectivity index (χ2v) is 5.48. The maximum Gasteiger partial charge on any atom is 0.274 e. The molecule has 0 aliphatic heterocycles. The molecular formula is C14H19N3O2. The maximum atomic E-state index is 12.1. The summed E-state index contributed by atoms with van der Waals surface area (Å²) in [5.74, 6) is 0.549. The first-order valence-corrected chi connectivity index (χ1v) is 6.77. The molecule has 102 valence electrons. The number of carbonyl (C=O) groups excluding carboxylic acids is 1. The van der Waals surface area contributed by atoms with Crippen LogP contribution in [-0.2, 0) is 0 Å². The van der Waals surface area contributed by atoms with Crippen molar-refractivity contribution >= 4 is 5.91 Å². The molecule has 0 spiro atoms. The number of hydrogen-bond donors (Lipinski definition) is 1. The summed E-state index contributed by atoms with van der Waals surface area (Å²) < 4.78 is 5.11. The van der Waals surface area contributed by atoms with Gasteiger partial charge in [0.2, 0.25) is 0 Å². The van der Waals surface area contributed by atoms with Crippen LogP contribution < -0.4 is 5.32 Å². The second-order valence-electron chi connectivity index (χ2n) is 5.48. The topological polar surface area (TPSA) is 78.9 Å². The van der Waals surface area contributed by atoms with Crippen molar-refractivity contribution in [1.29, 1.82) is 5.26 Å². The van der Waals surface area contributed by atoms with Crippen molar-refractivity contribution in [2.24, 2.45) is 0 Å². The highest BCUT2D eigenvalue weighted by atomic mass is 16.5. The average molecular weight is 261 g/mol. The van der Waals surface area contributed by atoms with Crippen LogP contribution in [0.5, 0.6) is 0 Å². The van der Waals surface area contributed by atoms with Crippen LogP contribution in [0.25, 0.3) is 0 Å². The highest BCUT2D eigenvalue weighted by Crippen LogP contribution is 2.28. The molecule has 1 fully saturated rings. The fourth-order valence-corrected chi connectivity index (χ4v) is 2.37. The number of hydrogen-bond acceptors (Lipinski definition) is 4. The fraction of sp³-hybridized carbons (Fsp3) is 0.643. The Kier molecular flexibility index (Phi) is 3.89. The third-order valence-corrected chi connectivity index (χ3v) is 3.60. The van der Waals surface area contributed by atoms with E-state index in [2.05, 4.69) is 16.5 Å². The zero-order chi connectivity index (χ0) is 13.9. The second kappa shape index (κ2) is 5.43. The lowest BCUT2D eigenvalue weighted by Gasteiger charge is -2.31. The molecule has 1 saturated carbocycles. The predicted octanol–water partition coefficient (Wildman–Crippen LogP) is 2.75. The van der Waals surface area contributed by atoms with Crippen LogP contribution in [0.2, 0.25) is 0 Å². The fourth-order valence-electron chi connectivity index (χ4n) is 2.37. The number of nitrogens with zero attached hydrogens (tertiary/aromatic N) is 2. The number of nitrogens with one attached hydrogen (secondary N) is 1. The molecule has 19 heavy (non-hydrogen) atoms. The number of rotatable bonds is 3. The minimum atomic E-state index is -0.730. The number of nitriles is 1. The van der Waals surface area contributed by atoms with Crippen molar-refractivity contribution in [3.05, 3.63) is 17.5 Å². The first kappa shape index (κ1) is 13.6. The van der Waals surface area contributed by atoms with E-state index in [1.807, 2.05) is 13.8 Å². The molecule has 1 aromatic heterocycles. The van der Waals surface area contributed by atoms with Crippen molar-refractivity contribution < 1.29 is 9.32 Å². The smallest absolute Gasteiger partial charge is 0.274 e. The predicted molar refractivity (Wildman–Crippen MR) is 69.5 cm³/mol. The number of aromatic nitrogens is 1. The van der Waals surface area contributed by atoms with Gasteiger partial charge in [-0.05, 0) is 12.8 Å². The molecule has 0 bridgehead atoms. The first-order valence-electron chi connectivity index (χ1n) is 6.77. The van der Waals surface area contributed by atoms with Gasteiger partial charge in [0, 0.05) is 12.0 Å². The van der Waals surface area contributed by atoms with Crippen molar-refractivity contribution in [3.8, 4) is 6.07 Å². The van der Waals surface area contributed by atoms with Gasteiger partial charge in [-0.15, -0.1) is 0 Å². The number of carbonyl (C=O) groups is 1. The maximum absolute atomic E-state index is 12.1. The van der Waals surface area contributed by atoms with Crippen LogP contribution in [0.3, 0.4) is 0 Å². The van der Waals surface area contributed by atoms with Crippen molar-refractivity contribution in [3.63, 3.8) is 0 Å². The van der Waals surface area contributed by atoms with E-state index in [9.17, 15) is 10.1 Å². The van der Waals surface area contributed by atoms with E-state index < -0.39 is 5.54 Å². The Bertz CT molecular complexity index is 493. The van der Waals surface area contributed by atoms with Crippen LogP contribution in [0.4, 0.5) is 0 Å². The van der Waals surface area contributed by atoms with Crippen molar-refractivity contribution in [2.45, 2.75) is 57.4 Å². The molecule has 1 aromatic rings. The van der Waals surface area contributed by atoms with Crippen molar-refractivity contribution in [2.75, 3.05) is 0 Å². The minimum Gasteiger partial charge on any atom is -0.360 e. The molecule has 1 N–H and O–H groups in total. The normalized spacial score (nSPS) is 18.0. The molecule has 5 nitrogen and oxygen atoms in total. The van der Waals surface area contributed by atoms with Gasteiger partial charge in [0.05, 0.1) is 6.07 Å². The summed E-state index contributed by atoms with van der Waals surface area (Å²) in [5, 5.41) is 15.9. The van der Waals surface area contributed by atoms with Gasteiger partial charge in [-0.25, -0.2) is 0 Å². The van der Waals surface area contributed by atoms with Crippen LogP contribution in [0, 0.1) is 11.3 Å². The Morgan fingerprint density at radius 2 is 2.16 bits per heavy atom. The van der Waals surface area contributed by atoms with E-state index in [4.69, 9.17) is 4.52 Å². The molecule has 0 radical (unpaired) electrons. The van der Waals surface area contributed by atoms with E-state index in [-0.39, 0.29) is 17.5 Å². The zero-order valence-electron chi connectivity index (χ0n) is 11.4. The van der Waals surface area contributed by atoms with E-state index in [0.717, 1.165) is 19.3 Å². The molecule has 0 aromatic carbocycles. The van der Waals surface area contributed by atoms with Gasteiger partial charge < -0.3 is 9.84 Å². The van der Waals surface area contributed by atoms with Crippen molar-refractivity contribution in [1.82, 2.24) is 10.5 Å². The molecule has 0 saturated heterocycles. The molecule has 1 amide bonds. The molecule has 2 rings (SSSR count). The van der Waals surface area contributed by atoms with Crippen LogP contribution in [0.15, 0.2) is 10.6 Å². The Morgan fingerprint density at radius 3 is 2.68 bits per heavy atom. The molecule has 0 atom stereocenters. The third-order valence-electron chi connectivity index (χ3n) is 3.60. The molecule has 1 aliphatic rings. The van der Waals surface area contributed by atoms with Crippen LogP contribution in [0.1, 0.15) is 68.1 Å². The Morgan fingerprint density at radius 1 is 1.47 bits per heavy atom. The van der Waals surface area contributed by atoms with Gasteiger partial charge in [0.25, 0.3) is 5.91 Å². The standard InChI is InChI=1S/C14H19N3O2/c1-10(2)12-8-11(17-19-12)13(18)16-14(9-15)6-4-3-5-7-14/h8,10H,3-7H2,1-2H3,(H,16,18). The van der Waals surface area contributed by atoms with E-state index in [0.29, 0.717) is 18.6 Å². The summed E-state index contributed by atoms with van der Waals surface area (Å²) in [6, 6.07) is 3.90. The zero-order valence-corrected chi connectivity index (χ0v) is 11.4. The molecule has 1 heterocycles. The summed E-state index contributed by atoms with van der Waals surface area (Å²) in [5.41, 5.74) is -0.476. The van der Waals surface area contributed by atoms with Gasteiger partial charge in [-0.1, -0.05) is 38.3 Å². The molecule has 1 aliphatic carbocycles. The average Bonchev–Trinajstić information content (AvgIpc) is 2.89. The molecule has 5 heteroatoms. The molecule has 0 unspecified atom stereocenters. The lowest BCUT2D eigenvalue weighted by molar-refractivity contribution is 0.0893. The van der Waals surface area contributed by atoms with Gasteiger partial charge in [0.1, 0.15) is 11.3 Å². The number of amides is 1. The van der Waals surface area contributed by atoms with Crippen LogP contribution >= 0.6 is 0 Å².